The van der Waals surface area contributed by atoms with Gasteiger partial charge in [-0.1, -0.05) is 39.0 Å². The Morgan fingerprint density at radius 1 is 0.889 bits per heavy atom. The Kier molecular flexibility index (Phi) is 3.66. The van der Waals surface area contributed by atoms with Crippen LogP contribution in [0.25, 0.3) is 0 Å². The van der Waals surface area contributed by atoms with Gasteiger partial charge in [0, 0.05) is 24.0 Å². The van der Waals surface area contributed by atoms with Gasteiger partial charge in [0.15, 0.2) is 0 Å². The predicted octanol–water partition coefficient (Wildman–Crippen LogP) is 3.94. The highest BCUT2D eigenvalue weighted by atomic mass is 14.6. The van der Waals surface area contributed by atoms with Crippen molar-refractivity contribution >= 4 is 5.69 Å². The Morgan fingerprint density at radius 3 is 2.11 bits per heavy atom. The number of hydrogen-bond donors (Lipinski definition) is 1. The van der Waals surface area contributed by atoms with Crippen molar-refractivity contribution in [1.29, 1.82) is 0 Å². The third-order valence-electron chi connectivity index (χ3n) is 3.38. The normalized spacial score (nSPS) is 12.7. The fraction of sp³-hybridized carbons (Fsp3) is 0.312. The fourth-order valence-electron chi connectivity index (χ4n) is 2.01. The summed E-state index contributed by atoms with van der Waals surface area (Å²) >= 11 is 0. The number of rotatable bonds is 3. The second-order valence-electron chi connectivity index (χ2n) is 5.09. The van der Waals surface area contributed by atoms with Gasteiger partial charge in [-0.15, -0.1) is 0 Å². The highest BCUT2D eigenvalue weighted by molar-refractivity contribution is 5.42. The van der Waals surface area contributed by atoms with Crippen LogP contribution in [0.2, 0.25) is 0 Å². The number of aromatic nitrogens is 1. The van der Waals surface area contributed by atoms with Gasteiger partial charge in [0.05, 0.1) is 0 Å². The van der Waals surface area contributed by atoms with Crippen molar-refractivity contribution in [3.8, 4) is 0 Å². The smallest absolute Gasteiger partial charge is 0.0314 e. The molecule has 2 N–H and O–H groups in total. The summed E-state index contributed by atoms with van der Waals surface area (Å²) in [6, 6.07) is 10.3. The van der Waals surface area contributed by atoms with Crippen molar-refractivity contribution in [3.63, 3.8) is 0 Å². The maximum Gasteiger partial charge on any atom is 0.0314 e. The zero-order chi connectivity index (χ0) is 13.1. The minimum atomic E-state index is 0.344. The van der Waals surface area contributed by atoms with E-state index in [1.54, 1.807) is 0 Å². The summed E-state index contributed by atoms with van der Waals surface area (Å²) < 4.78 is 0. The van der Waals surface area contributed by atoms with E-state index in [4.69, 9.17) is 5.73 Å². The monoisotopic (exact) mass is 240 g/mol. The van der Waals surface area contributed by atoms with E-state index >= 15 is 0 Å². The molecule has 0 spiro atoms. The number of pyridine rings is 1. The fourth-order valence-corrected chi connectivity index (χ4v) is 2.01. The molecule has 0 saturated heterocycles. The Bertz CT molecular complexity index is 515. The van der Waals surface area contributed by atoms with E-state index in [1.165, 1.54) is 16.7 Å². The van der Waals surface area contributed by atoms with E-state index in [-0.39, 0.29) is 0 Å². The SMILES string of the molecule is CC(C)c1cncc(C(C)c2ccc(N)cc2)c1. The molecule has 2 nitrogen and oxygen atoms in total. The van der Waals surface area contributed by atoms with E-state index in [0.717, 1.165) is 5.69 Å². The van der Waals surface area contributed by atoms with Crippen molar-refractivity contribution in [1.82, 2.24) is 4.98 Å². The standard InChI is InChI=1S/C16H20N2/c1-11(2)14-8-15(10-18-9-14)12(3)13-4-6-16(17)7-5-13/h4-12H,17H2,1-3H3. The number of nitrogen functional groups attached to an aromatic ring is 1. The molecule has 0 amide bonds. The van der Waals surface area contributed by atoms with Crippen LogP contribution in [0.3, 0.4) is 0 Å². The van der Waals surface area contributed by atoms with E-state index in [9.17, 15) is 0 Å². The molecule has 0 aliphatic carbocycles. The zero-order valence-electron chi connectivity index (χ0n) is 11.2. The summed E-state index contributed by atoms with van der Waals surface area (Å²) in [5.74, 6) is 0.855. The predicted molar refractivity (Wildman–Crippen MR) is 76.7 cm³/mol. The molecule has 0 fully saturated rings. The van der Waals surface area contributed by atoms with Gasteiger partial charge in [0.25, 0.3) is 0 Å². The lowest BCUT2D eigenvalue weighted by Gasteiger charge is -2.14. The van der Waals surface area contributed by atoms with Crippen LogP contribution in [0.5, 0.6) is 0 Å². The molecular formula is C16H20N2. The van der Waals surface area contributed by atoms with Crippen LogP contribution in [0.1, 0.15) is 49.3 Å². The summed E-state index contributed by atoms with van der Waals surface area (Å²) in [4.78, 5) is 4.35. The number of benzene rings is 1. The van der Waals surface area contributed by atoms with Crippen molar-refractivity contribution in [2.24, 2.45) is 0 Å². The molecule has 0 bridgehead atoms. The second-order valence-corrected chi connectivity index (χ2v) is 5.09. The maximum absolute atomic E-state index is 5.72. The van der Waals surface area contributed by atoms with Gasteiger partial charge in [-0.25, -0.2) is 0 Å². The first-order chi connectivity index (χ1) is 8.58. The van der Waals surface area contributed by atoms with Gasteiger partial charge in [-0.3, -0.25) is 4.98 Å². The Labute approximate surface area is 109 Å². The summed E-state index contributed by atoms with van der Waals surface area (Å²) in [6.07, 6.45) is 3.90. The van der Waals surface area contributed by atoms with Crippen LogP contribution in [-0.2, 0) is 0 Å². The molecule has 0 aliphatic rings. The van der Waals surface area contributed by atoms with Gasteiger partial charge in [-0.05, 0) is 34.7 Å². The van der Waals surface area contributed by atoms with E-state index in [1.807, 2.05) is 24.5 Å². The Morgan fingerprint density at radius 2 is 1.50 bits per heavy atom. The molecule has 2 heteroatoms. The first-order valence-electron chi connectivity index (χ1n) is 6.38. The van der Waals surface area contributed by atoms with Crippen LogP contribution in [0.15, 0.2) is 42.7 Å². The Hall–Kier alpha value is -1.83. The maximum atomic E-state index is 5.72. The first kappa shape index (κ1) is 12.6. The van der Waals surface area contributed by atoms with Crippen molar-refractivity contribution in [3.05, 3.63) is 59.4 Å². The average Bonchev–Trinajstić information content (AvgIpc) is 2.39. The van der Waals surface area contributed by atoms with Gasteiger partial charge in [0.1, 0.15) is 0 Å². The molecule has 1 aromatic carbocycles. The molecule has 0 saturated carbocycles. The Balaban J connectivity index is 2.30. The summed E-state index contributed by atoms with van der Waals surface area (Å²) in [5.41, 5.74) is 10.3. The van der Waals surface area contributed by atoms with E-state index in [0.29, 0.717) is 11.8 Å². The molecular weight excluding hydrogens is 220 g/mol. The lowest BCUT2D eigenvalue weighted by atomic mass is 9.92. The number of nitrogens with two attached hydrogens (primary N) is 1. The third kappa shape index (κ3) is 2.70. The van der Waals surface area contributed by atoms with Gasteiger partial charge >= 0.3 is 0 Å². The van der Waals surface area contributed by atoms with Gasteiger partial charge in [0.2, 0.25) is 0 Å². The second kappa shape index (κ2) is 5.21. The van der Waals surface area contributed by atoms with Crippen LogP contribution in [0.4, 0.5) is 5.69 Å². The molecule has 18 heavy (non-hydrogen) atoms. The molecule has 0 radical (unpaired) electrons. The molecule has 1 atom stereocenters. The summed E-state index contributed by atoms with van der Waals surface area (Å²) in [7, 11) is 0. The van der Waals surface area contributed by atoms with Crippen LogP contribution in [-0.4, -0.2) is 4.98 Å². The first-order valence-corrected chi connectivity index (χ1v) is 6.38. The van der Waals surface area contributed by atoms with Crippen molar-refractivity contribution < 1.29 is 0 Å². The number of anilines is 1. The molecule has 2 rings (SSSR count). The summed E-state index contributed by atoms with van der Waals surface area (Å²) in [6.45, 7) is 6.58. The quantitative estimate of drug-likeness (QED) is 0.825. The number of nitrogens with zero attached hydrogens (tertiary/aromatic N) is 1. The molecule has 2 aromatic rings. The minimum absolute atomic E-state index is 0.344. The zero-order valence-corrected chi connectivity index (χ0v) is 11.2. The lowest BCUT2D eigenvalue weighted by Crippen LogP contribution is -1.99. The van der Waals surface area contributed by atoms with Crippen LogP contribution < -0.4 is 5.73 Å². The van der Waals surface area contributed by atoms with E-state index < -0.39 is 0 Å². The molecule has 1 unspecified atom stereocenters. The molecule has 1 aromatic heterocycles. The molecule has 1 heterocycles. The topological polar surface area (TPSA) is 38.9 Å². The van der Waals surface area contributed by atoms with Crippen LogP contribution >= 0.6 is 0 Å². The molecule has 0 aliphatic heterocycles. The highest BCUT2D eigenvalue weighted by Crippen LogP contribution is 2.26. The summed E-state index contributed by atoms with van der Waals surface area (Å²) in [5, 5.41) is 0. The lowest BCUT2D eigenvalue weighted by molar-refractivity contribution is 0.838. The van der Waals surface area contributed by atoms with Crippen LogP contribution in [0, 0.1) is 0 Å². The van der Waals surface area contributed by atoms with Gasteiger partial charge in [-0.2, -0.15) is 0 Å². The largest absolute Gasteiger partial charge is 0.399 e. The van der Waals surface area contributed by atoms with Crippen molar-refractivity contribution in [2.45, 2.75) is 32.6 Å². The average molecular weight is 240 g/mol. The minimum Gasteiger partial charge on any atom is -0.399 e. The third-order valence-corrected chi connectivity index (χ3v) is 3.38. The van der Waals surface area contributed by atoms with E-state index in [2.05, 4.69) is 44.0 Å². The van der Waals surface area contributed by atoms with Crippen molar-refractivity contribution in [2.75, 3.05) is 5.73 Å². The molecule has 94 valence electrons. The number of hydrogen-bond acceptors (Lipinski definition) is 2. The van der Waals surface area contributed by atoms with Gasteiger partial charge < -0.3 is 5.73 Å². The highest BCUT2D eigenvalue weighted by Gasteiger charge is 2.10.